The molecule has 2 N–H and O–H groups in total. The highest BCUT2D eigenvalue weighted by molar-refractivity contribution is 14.0. The van der Waals surface area contributed by atoms with Gasteiger partial charge >= 0.3 is 0 Å². The highest BCUT2D eigenvalue weighted by Gasteiger charge is 2.17. The molecule has 0 spiro atoms. The zero-order valence-electron chi connectivity index (χ0n) is 18.8. The van der Waals surface area contributed by atoms with Crippen LogP contribution in [-0.2, 0) is 0 Å². The second-order valence-electron chi connectivity index (χ2n) is 7.15. The maximum atomic E-state index is 5.47. The van der Waals surface area contributed by atoms with Crippen molar-refractivity contribution in [2.45, 2.75) is 25.8 Å². The first-order valence-electron chi connectivity index (χ1n) is 9.92. The zero-order valence-corrected chi connectivity index (χ0v) is 21.9. The summed E-state index contributed by atoms with van der Waals surface area (Å²) < 4.78 is 10.8. The highest BCUT2D eigenvalue weighted by Crippen LogP contribution is 2.31. The van der Waals surface area contributed by atoms with E-state index in [2.05, 4.69) is 66.4 Å². The molecule has 1 aromatic carbocycles. The van der Waals surface area contributed by atoms with Crippen LogP contribution >= 0.6 is 35.3 Å². The summed E-state index contributed by atoms with van der Waals surface area (Å²) in [5.41, 5.74) is 2.49. The third kappa shape index (κ3) is 7.63. The van der Waals surface area contributed by atoms with E-state index in [0.29, 0.717) is 5.92 Å². The largest absolute Gasteiger partial charge is 0.493 e. The van der Waals surface area contributed by atoms with Gasteiger partial charge in [0.05, 0.1) is 20.3 Å². The van der Waals surface area contributed by atoms with Crippen molar-refractivity contribution in [1.82, 2.24) is 15.5 Å². The first kappa shape index (κ1) is 26.5. The lowest BCUT2D eigenvalue weighted by Gasteiger charge is -2.26. The number of halogens is 1. The Morgan fingerprint density at radius 1 is 1.10 bits per heavy atom. The van der Waals surface area contributed by atoms with Crippen LogP contribution in [0.25, 0.3) is 0 Å². The monoisotopic (exact) mass is 546 g/mol. The van der Waals surface area contributed by atoms with Crippen LogP contribution in [0, 0.1) is 0 Å². The van der Waals surface area contributed by atoms with Crippen LogP contribution in [0.2, 0.25) is 0 Å². The van der Waals surface area contributed by atoms with Crippen LogP contribution in [0.1, 0.15) is 36.9 Å². The first-order chi connectivity index (χ1) is 14.0. The fraction of sp³-hybridized carbons (Fsp3) is 0.500. The van der Waals surface area contributed by atoms with Crippen molar-refractivity contribution >= 4 is 41.3 Å². The molecular weight excluding hydrogens is 511 g/mol. The maximum Gasteiger partial charge on any atom is 0.191 e. The number of thiophene rings is 1. The molecule has 0 saturated carbocycles. The van der Waals surface area contributed by atoms with E-state index in [-0.39, 0.29) is 30.0 Å². The summed E-state index contributed by atoms with van der Waals surface area (Å²) in [5.74, 6) is 2.70. The highest BCUT2D eigenvalue weighted by atomic mass is 127. The van der Waals surface area contributed by atoms with Gasteiger partial charge in [-0.05, 0) is 61.1 Å². The third-order valence-corrected chi connectivity index (χ3v) is 5.56. The van der Waals surface area contributed by atoms with Crippen LogP contribution in [0.15, 0.2) is 40.0 Å². The molecule has 2 unspecified atom stereocenters. The number of nitrogens with zero attached hydrogens (tertiary/aromatic N) is 2. The molecule has 2 aromatic rings. The van der Waals surface area contributed by atoms with Crippen molar-refractivity contribution in [2.75, 3.05) is 47.9 Å². The van der Waals surface area contributed by atoms with Crippen LogP contribution in [0.5, 0.6) is 11.5 Å². The number of aliphatic imine (C=N–C) groups is 1. The number of guanidine groups is 1. The standard InChI is InChI=1S/C22H34N4O2S.HI/c1-7-23-22(24-13-16(2)18-10-11-29-15-18)25-14-19(26(3)4)17-8-9-20(27-5)21(12-17)28-6;/h8-12,15-16,19H,7,13-14H2,1-6H3,(H2,23,24,25);1H. The Balaban J connectivity index is 0.00000450. The minimum absolute atomic E-state index is 0. The van der Waals surface area contributed by atoms with Crippen LogP contribution in [0.3, 0.4) is 0 Å². The number of hydrogen-bond donors (Lipinski definition) is 2. The van der Waals surface area contributed by atoms with Gasteiger partial charge in [0.15, 0.2) is 17.5 Å². The Hall–Kier alpha value is -1.52. The molecule has 30 heavy (non-hydrogen) atoms. The number of methoxy groups -OCH3 is 2. The number of nitrogens with one attached hydrogen (secondary N) is 2. The van der Waals surface area contributed by atoms with Crippen LogP contribution < -0.4 is 20.1 Å². The van der Waals surface area contributed by atoms with E-state index >= 15 is 0 Å². The Morgan fingerprint density at radius 2 is 1.83 bits per heavy atom. The Morgan fingerprint density at radius 3 is 2.40 bits per heavy atom. The van der Waals surface area contributed by atoms with Crippen molar-refractivity contribution in [3.05, 3.63) is 46.2 Å². The van der Waals surface area contributed by atoms with Crippen molar-refractivity contribution in [1.29, 1.82) is 0 Å². The lowest BCUT2D eigenvalue weighted by molar-refractivity contribution is 0.295. The van der Waals surface area contributed by atoms with E-state index in [1.54, 1.807) is 25.6 Å². The van der Waals surface area contributed by atoms with E-state index in [4.69, 9.17) is 14.5 Å². The van der Waals surface area contributed by atoms with Crippen molar-refractivity contribution < 1.29 is 9.47 Å². The molecule has 0 aliphatic heterocycles. The summed E-state index contributed by atoms with van der Waals surface area (Å²) in [5, 5.41) is 11.2. The number of rotatable bonds is 10. The minimum atomic E-state index is 0. The van der Waals surface area contributed by atoms with Gasteiger partial charge in [-0.1, -0.05) is 13.0 Å². The fourth-order valence-electron chi connectivity index (χ4n) is 3.08. The molecule has 2 rings (SSSR count). The summed E-state index contributed by atoms with van der Waals surface area (Å²) in [6.07, 6.45) is 0. The molecular formula is C22H35IN4O2S. The zero-order chi connectivity index (χ0) is 21.2. The van der Waals surface area contributed by atoms with Gasteiger partial charge in [0.2, 0.25) is 0 Å². The molecule has 2 atom stereocenters. The number of benzene rings is 1. The molecule has 0 radical (unpaired) electrons. The molecule has 0 amide bonds. The SMILES string of the molecule is CCNC(=NCC(C)c1ccsc1)NCC(c1ccc(OC)c(OC)c1)N(C)C.I. The fourth-order valence-corrected chi connectivity index (χ4v) is 3.87. The second-order valence-corrected chi connectivity index (χ2v) is 7.93. The van der Waals surface area contributed by atoms with Crippen LogP contribution in [0.4, 0.5) is 0 Å². The molecule has 0 bridgehead atoms. The van der Waals surface area contributed by atoms with Gasteiger partial charge in [-0.2, -0.15) is 11.3 Å². The third-order valence-electron chi connectivity index (χ3n) is 4.86. The molecule has 0 saturated heterocycles. The first-order valence-corrected chi connectivity index (χ1v) is 10.9. The van der Waals surface area contributed by atoms with Gasteiger partial charge in [-0.25, -0.2) is 0 Å². The number of hydrogen-bond acceptors (Lipinski definition) is 5. The topological polar surface area (TPSA) is 58.1 Å². The quantitative estimate of drug-likeness (QED) is 0.264. The van der Waals surface area contributed by atoms with E-state index in [1.165, 1.54) is 5.56 Å². The van der Waals surface area contributed by atoms with Crippen LogP contribution in [-0.4, -0.2) is 58.8 Å². The molecule has 168 valence electrons. The maximum absolute atomic E-state index is 5.47. The molecule has 0 aliphatic carbocycles. The van der Waals surface area contributed by atoms with Crippen molar-refractivity contribution in [3.63, 3.8) is 0 Å². The van der Waals surface area contributed by atoms with Crippen molar-refractivity contribution in [3.8, 4) is 11.5 Å². The average Bonchev–Trinajstić information content (AvgIpc) is 3.26. The average molecular weight is 547 g/mol. The summed E-state index contributed by atoms with van der Waals surface area (Å²) in [6.45, 7) is 6.58. The summed E-state index contributed by atoms with van der Waals surface area (Å²) in [4.78, 5) is 6.98. The lowest BCUT2D eigenvalue weighted by Crippen LogP contribution is -2.42. The van der Waals surface area contributed by atoms with Gasteiger partial charge in [0, 0.05) is 25.6 Å². The second kappa shape index (κ2) is 13.7. The molecule has 1 aromatic heterocycles. The van der Waals surface area contributed by atoms with Gasteiger partial charge < -0.3 is 25.0 Å². The Kier molecular flexibility index (Phi) is 12.1. The molecule has 0 aliphatic rings. The van der Waals surface area contributed by atoms with Crippen molar-refractivity contribution in [2.24, 2.45) is 4.99 Å². The van der Waals surface area contributed by atoms with E-state index < -0.39 is 0 Å². The summed E-state index contributed by atoms with van der Waals surface area (Å²) in [6, 6.07) is 8.40. The predicted octanol–water partition coefficient (Wildman–Crippen LogP) is 4.34. The van der Waals surface area contributed by atoms with Gasteiger partial charge in [0.25, 0.3) is 0 Å². The van der Waals surface area contributed by atoms with Gasteiger partial charge in [-0.3, -0.25) is 4.99 Å². The smallest absolute Gasteiger partial charge is 0.191 e. The number of ether oxygens (including phenoxy) is 2. The predicted molar refractivity (Wildman–Crippen MR) is 138 cm³/mol. The van der Waals surface area contributed by atoms with E-state index in [0.717, 1.165) is 42.7 Å². The molecule has 8 heteroatoms. The Labute approximate surface area is 202 Å². The normalized spacial score (nSPS) is 13.4. The lowest BCUT2D eigenvalue weighted by atomic mass is 10.0. The van der Waals surface area contributed by atoms with E-state index in [1.807, 2.05) is 12.1 Å². The molecule has 6 nitrogen and oxygen atoms in total. The summed E-state index contributed by atoms with van der Waals surface area (Å²) in [7, 11) is 7.46. The van der Waals surface area contributed by atoms with Gasteiger partial charge in [-0.15, -0.1) is 24.0 Å². The van der Waals surface area contributed by atoms with E-state index in [9.17, 15) is 0 Å². The molecule has 0 fully saturated rings. The van der Waals surface area contributed by atoms with Gasteiger partial charge in [0.1, 0.15) is 0 Å². The summed E-state index contributed by atoms with van der Waals surface area (Å²) >= 11 is 1.73. The Bertz CT molecular complexity index is 769. The number of likely N-dealkylation sites (N-methyl/N-ethyl adjacent to an activating group) is 1. The molecule has 1 heterocycles. The minimum Gasteiger partial charge on any atom is -0.493 e.